The molecule has 1 aliphatic rings. The van der Waals surface area contributed by atoms with Crippen LogP contribution in [0.1, 0.15) is 37.2 Å². The van der Waals surface area contributed by atoms with Gasteiger partial charge in [0.1, 0.15) is 11.9 Å². The molecular formula is C20H26N4O3. The number of amides is 1. The molecule has 1 amide bonds. The third-order valence-electron chi connectivity index (χ3n) is 4.42. The van der Waals surface area contributed by atoms with E-state index in [4.69, 9.17) is 4.42 Å². The molecular weight excluding hydrogens is 344 g/mol. The molecule has 3 N–H and O–H groups in total. The molecule has 27 heavy (non-hydrogen) atoms. The Kier molecular flexibility index (Phi) is 6.49. The average Bonchev–Trinajstić information content (AvgIpc) is 3.36. The van der Waals surface area contributed by atoms with Gasteiger partial charge in [-0.3, -0.25) is 4.79 Å². The van der Waals surface area contributed by atoms with Crippen LogP contribution in [-0.4, -0.2) is 36.6 Å². The van der Waals surface area contributed by atoms with Crippen molar-refractivity contribution >= 4 is 17.6 Å². The maximum Gasteiger partial charge on any atom is 0.227 e. The molecule has 2 aromatic rings. The third-order valence-corrected chi connectivity index (χ3v) is 4.42. The molecule has 1 unspecified atom stereocenters. The lowest BCUT2D eigenvalue weighted by atomic mass is 10.2. The van der Waals surface area contributed by atoms with Gasteiger partial charge in [-0.25, -0.2) is 4.99 Å². The minimum absolute atomic E-state index is 0.189. The largest absolute Gasteiger partial charge is 0.467 e. The van der Waals surface area contributed by atoms with Crippen LogP contribution in [0.25, 0.3) is 0 Å². The van der Waals surface area contributed by atoms with Gasteiger partial charge in [0.2, 0.25) is 5.91 Å². The number of rotatable bonds is 7. The average molecular weight is 370 g/mol. The monoisotopic (exact) mass is 370 g/mol. The predicted molar refractivity (Wildman–Crippen MR) is 105 cm³/mol. The van der Waals surface area contributed by atoms with Crippen LogP contribution >= 0.6 is 0 Å². The molecule has 1 atom stereocenters. The number of nitrogens with one attached hydrogen (secondary N) is 2. The fraction of sp³-hybridized carbons (Fsp3) is 0.400. The molecule has 0 saturated carbocycles. The van der Waals surface area contributed by atoms with E-state index in [0.29, 0.717) is 31.2 Å². The molecule has 0 radical (unpaired) electrons. The number of guanidine groups is 1. The Bertz CT molecular complexity index is 756. The first-order valence-corrected chi connectivity index (χ1v) is 9.30. The first-order valence-electron chi connectivity index (χ1n) is 9.30. The van der Waals surface area contributed by atoms with Crippen molar-refractivity contribution in [3.8, 4) is 0 Å². The highest BCUT2D eigenvalue weighted by Gasteiger charge is 2.21. The van der Waals surface area contributed by atoms with Crippen LogP contribution in [0, 0.1) is 0 Å². The number of aliphatic hydroxyl groups excluding tert-OH is 1. The SMILES string of the molecule is CCNC(=NCc1ccc(N2CCCC2=O)cc1)NCC(O)c1ccco1. The second-order valence-electron chi connectivity index (χ2n) is 6.42. The van der Waals surface area contributed by atoms with E-state index in [1.54, 1.807) is 12.1 Å². The van der Waals surface area contributed by atoms with Gasteiger partial charge in [0, 0.05) is 25.2 Å². The van der Waals surface area contributed by atoms with Crippen LogP contribution in [0.2, 0.25) is 0 Å². The summed E-state index contributed by atoms with van der Waals surface area (Å²) in [7, 11) is 0. The molecule has 1 saturated heterocycles. The summed E-state index contributed by atoms with van der Waals surface area (Å²) in [4.78, 5) is 18.2. The Morgan fingerprint density at radius 2 is 2.11 bits per heavy atom. The molecule has 0 spiro atoms. The number of aliphatic hydroxyl groups is 1. The topological polar surface area (TPSA) is 90.1 Å². The Morgan fingerprint density at radius 1 is 1.30 bits per heavy atom. The number of carbonyl (C=O) groups excluding carboxylic acids is 1. The van der Waals surface area contributed by atoms with Crippen LogP contribution in [0.3, 0.4) is 0 Å². The third kappa shape index (κ3) is 5.10. The maximum absolute atomic E-state index is 11.8. The summed E-state index contributed by atoms with van der Waals surface area (Å²) in [5.41, 5.74) is 1.99. The second kappa shape index (κ2) is 9.23. The molecule has 1 aliphatic heterocycles. The van der Waals surface area contributed by atoms with Crippen molar-refractivity contribution in [3.05, 3.63) is 54.0 Å². The number of anilines is 1. The van der Waals surface area contributed by atoms with Gasteiger partial charge in [0.05, 0.1) is 19.4 Å². The van der Waals surface area contributed by atoms with Crippen molar-refractivity contribution in [3.63, 3.8) is 0 Å². The highest BCUT2D eigenvalue weighted by Crippen LogP contribution is 2.21. The first kappa shape index (κ1) is 19.0. The summed E-state index contributed by atoms with van der Waals surface area (Å²) in [6.45, 7) is 4.30. The van der Waals surface area contributed by atoms with Crippen molar-refractivity contribution in [1.29, 1.82) is 0 Å². The van der Waals surface area contributed by atoms with E-state index in [0.717, 1.165) is 30.8 Å². The fourth-order valence-corrected chi connectivity index (χ4v) is 2.99. The maximum atomic E-state index is 11.8. The minimum atomic E-state index is -0.735. The van der Waals surface area contributed by atoms with Crippen LogP contribution in [0.15, 0.2) is 52.1 Å². The molecule has 3 rings (SSSR count). The second-order valence-corrected chi connectivity index (χ2v) is 6.42. The van der Waals surface area contributed by atoms with Crippen LogP contribution in [-0.2, 0) is 11.3 Å². The molecule has 7 nitrogen and oxygen atoms in total. The zero-order chi connectivity index (χ0) is 19.1. The summed E-state index contributed by atoms with van der Waals surface area (Å²) < 4.78 is 5.20. The van der Waals surface area contributed by atoms with E-state index in [-0.39, 0.29) is 5.91 Å². The van der Waals surface area contributed by atoms with E-state index in [1.807, 2.05) is 36.1 Å². The summed E-state index contributed by atoms with van der Waals surface area (Å²) in [6.07, 6.45) is 2.36. The van der Waals surface area contributed by atoms with E-state index in [2.05, 4.69) is 15.6 Å². The Labute approximate surface area is 159 Å². The number of aliphatic imine (C=N–C) groups is 1. The van der Waals surface area contributed by atoms with E-state index >= 15 is 0 Å². The quantitative estimate of drug-likeness (QED) is 0.513. The van der Waals surface area contributed by atoms with Crippen molar-refractivity contribution in [2.75, 3.05) is 24.5 Å². The molecule has 1 aromatic carbocycles. The molecule has 1 fully saturated rings. The summed E-state index contributed by atoms with van der Waals surface area (Å²) in [5, 5.41) is 16.4. The Morgan fingerprint density at radius 3 is 2.74 bits per heavy atom. The molecule has 1 aromatic heterocycles. The Balaban J connectivity index is 1.56. The van der Waals surface area contributed by atoms with E-state index < -0.39 is 6.10 Å². The summed E-state index contributed by atoms with van der Waals surface area (Å²) >= 11 is 0. The first-order chi connectivity index (χ1) is 13.2. The normalized spacial score (nSPS) is 15.9. The van der Waals surface area contributed by atoms with E-state index in [1.165, 1.54) is 6.26 Å². The number of carbonyl (C=O) groups is 1. The number of benzene rings is 1. The van der Waals surface area contributed by atoms with Crippen LogP contribution in [0.5, 0.6) is 0 Å². The molecule has 0 aliphatic carbocycles. The van der Waals surface area contributed by atoms with Gasteiger partial charge < -0.3 is 25.1 Å². The van der Waals surface area contributed by atoms with E-state index in [9.17, 15) is 9.90 Å². The van der Waals surface area contributed by atoms with Gasteiger partial charge in [-0.15, -0.1) is 0 Å². The van der Waals surface area contributed by atoms with Crippen molar-refractivity contribution < 1.29 is 14.3 Å². The number of hydrogen-bond acceptors (Lipinski definition) is 4. The molecule has 2 heterocycles. The highest BCUT2D eigenvalue weighted by atomic mass is 16.4. The van der Waals surface area contributed by atoms with Gasteiger partial charge in [-0.05, 0) is 43.2 Å². The van der Waals surface area contributed by atoms with Gasteiger partial charge in [-0.2, -0.15) is 0 Å². The van der Waals surface area contributed by atoms with Crippen molar-refractivity contribution in [1.82, 2.24) is 10.6 Å². The van der Waals surface area contributed by atoms with Crippen LogP contribution < -0.4 is 15.5 Å². The zero-order valence-corrected chi connectivity index (χ0v) is 15.5. The van der Waals surface area contributed by atoms with Crippen molar-refractivity contribution in [2.24, 2.45) is 4.99 Å². The number of nitrogens with zero attached hydrogens (tertiary/aromatic N) is 2. The summed E-state index contributed by atoms with van der Waals surface area (Å²) in [6, 6.07) is 11.4. The zero-order valence-electron chi connectivity index (χ0n) is 15.5. The fourth-order valence-electron chi connectivity index (χ4n) is 2.99. The molecule has 7 heteroatoms. The smallest absolute Gasteiger partial charge is 0.227 e. The lowest BCUT2D eigenvalue weighted by molar-refractivity contribution is -0.117. The van der Waals surface area contributed by atoms with Gasteiger partial charge >= 0.3 is 0 Å². The molecule has 144 valence electrons. The van der Waals surface area contributed by atoms with Gasteiger partial charge in [-0.1, -0.05) is 12.1 Å². The lowest BCUT2D eigenvalue weighted by Crippen LogP contribution is -2.39. The number of furan rings is 1. The van der Waals surface area contributed by atoms with Crippen LogP contribution in [0.4, 0.5) is 5.69 Å². The van der Waals surface area contributed by atoms with Crippen molar-refractivity contribution in [2.45, 2.75) is 32.4 Å². The predicted octanol–water partition coefficient (Wildman–Crippen LogP) is 2.20. The minimum Gasteiger partial charge on any atom is -0.467 e. The Hall–Kier alpha value is -2.80. The highest BCUT2D eigenvalue weighted by molar-refractivity contribution is 5.95. The van der Waals surface area contributed by atoms with Gasteiger partial charge in [0.15, 0.2) is 5.96 Å². The van der Waals surface area contributed by atoms with Gasteiger partial charge in [0.25, 0.3) is 0 Å². The standard InChI is InChI=1S/C20H26N4O3/c1-2-21-20(23-14-17(25)18-5-4-12-27-18)22-13-15-7-9-16(10-8-15)24-11-3-6-19(24)26/h4-5,7-10,12,17,25H,2-3,6,11,13-14H2,1H3,(H2,21,22,23). The lowest BCUT2D eigenvalue weighted by Gasteiger charge is -2.16. The number of hydrogen-bond donors (Lipinski definition) is 3. The summed E-state index contributed by atoms with van der Waals surface area (Å²) in [5.74, 6) is 1.34. The molecule has 0 bridgehead atoms.